The first-order valence-electron chi connectivity index (χ1n) is 5.42. The molecule has 0 aromatic carbocycles. The summed E-state index contributed by atoms with van der Waals surface area (Å²) in [6.45, 7) is 4.84. The molecule has 0 spiro atoms. The number of thiocarbonyl (C=S) groups is 1. The minimum Gasteiger partial charge on any atom is -0.374 e. The van der Waals surface area contributed by atoms with Crippen LogP contribution in [0.5, 0.6) is 0 Å². The summed E-state index contributed by atoms with van der Waals surface area (Å²) in [4.78, 5) is 8.57. The Hall–Kier alpha value is -1.07. The second-order valence-corrected chi connectivity index (χ2v) is 4.32. The van der Waals surface area contributed by atoms with Crippen LogP contribution in [0.25, 0.3) is 0 Å². The molecule has 3 N–H and O–H groups in total. The van der Waals surface area contributed by atoms with Crippen molar-refractivity contribution in [2.45, 2.75) is 32.9 Å². The van der Waals surface area contributed by atoms with E-state index < -0.39 is 0 Å². The van der Waals surface area contributed by atoms with E-state index in [4.69, 9.17) is 18.0 Å². The Morgan fingerprint density at radius 3 is 2.69 bits per heavy atom. The molecule has 0 aliphatic heterocycles. The molecule has 4 nitrogen and oxygen atoms in total. The molecule has 16 heavy (non-hydrogen) atoms. The molecule has 0 aliphatic rings. The van der Waals surface area contributed by atoms with Crippen LogP contribution < -0.4 is 11.1 Å². The lowest BCUT2D eigenvalue weighted by Gasteiger charge is -2.20. The Morgan fingerprint density at radius 2 is 2.12 bits per heavy atom. The molecule has 1 aromatic rings. The van der Waals surface area contributed by atoms with Crippen LogP contribution in [0.15, 0.2) is 18.7 Å². The highest BCUT2D eigenvalue weighted by Gasteiger charge is 2.15. The van der Waals surface area contributed by atoms with Gasteiger partial charge in [-0.1, -0.05) is 32.5 Å². The Kier molecular flexibility index (Phi) is 5.28. The van der Waals surface area contributed by atoms with Crippen LogP contribution in [-0.4, -0.2) is 21.0 Å². The van der Waals surface area contributed by atoms with Gasteiger partial charge in [0, 0.05) is 24.5 Å². The minimum atomic E-state index is -0.0790. The highest BCUT2D eigenvalue weighted by molar-refractivity contribution is 7.80. The first kappa shape index (κ1) is 13.0. The number of hydrogen-bond acceptors (Lipinski definition) is 4. The minimum absolute atomic E-state index is 0.0790. The molecule has 1 rings (SSSR count). The Morgan fingerprint density at radius 1 is 1.50 bits per heavy atom. The average molecular weight is 238 g/mol. The summed E-state index contributed by atoms with van der Waals surface area (Å²) in [5.41, 5.74) is 7.00. The maximum absolute atomic E-state index is 6.00. The van der Waals surface area contributed by atoms with Crippen molar-refractivity contribution in [1.82, 2.24) is 15.3 Å². The van der Waals surface area contributed by atoms with Crippen LogP contribution in [0.4, 0.5) is 0 Å². The molecule has 0 saturated heterocycles. The van der Waals surface area contributed by atoms with Crippen LogP contribution in [0.3, 0.4) is 0 Å². The summed E-state index contributed by atoms with van der Waals surface area (Å²) in [5.74, 6) is 0.395. The Labute approximate surface area is 102 Å². The van der Waals surface area contributed by atoms with Crippen molar-refractivity contribution >= 4 is 17.2 Å². The molecule has 0 aliphatic carbocycles. The van der Waals surface area contributed by atoms with Crippen LogP contribution >= 0.6 is 12.2 Å². The van der Waals surface area contributed by atoms with Crippen molar-refractivity contribution < 1.29 is 0 Å². The van der Waals surface area contributed by atoms with Crippen LogP contribution in [0, 0.1) is 5.92 Å². The van der Waals surface area contributed by atoms with Crippen LogP contribution in [0.2, 0.25) is 0 Å². The van der Waals surface area contributed by atoms with Gasteiger partial charge < -0.3 is 11.1 Å². The lowest BCUT2D eigenvalue weighted by atomic mass is 10.00. The summed E-state index contributed by atoms with van der Waals surface area (Å²) in [5, 5.41) is 3.14. The Bertz CT molecular complexity index is 328. The third-order valence-electron chi connectivity index (χ3n) is 2.64. The molecule has 2 atom stereocenters. The molecule has 0 amide bonds. The number of nitrogens with one attached hydrogen (secondary N) is 1. The van der Waals surface area contributed by atoms with E-state index in [2.05, 4.69) is 29.1 Å². The summed E-state index contributed by atoms with van der Waals surface area (Å²) in [6.07, 6.45) is 6.05. The molecular weight excluding hydrogens is 220 g/mol. The third kappa shape index (κ3) is 3.83. The van der Waals surface area contributed by atoms with Gasteiger partial charge in [0.2, 0.25) is 0 Å². The van der Waals surface area contributed by atoms with E-state index in [1.807, 2.05) is 0 Å². The summed E-state index contributed by atoms with van der Waals surface area (Å²) >= 11 is 5.24. The lowest BCUT2D eigenvalue weighted by Crippen LogP contribution is -2.43. The van der Waals surface area contributed by atoms with E-state index >= 15 is 0 Å². The van der Waals surface area contributed by atoms with Crippen molar-refractivity contribution in [3.8, 4) is 0 Å². The smallest absolute Gasteiger partial charge is 0.115 e. The van der Waals surface area contributed by atoms with Gasteiger partial charge in [-0.05, 0) is 5.92 Å². The summed E-state index contributed by atoms with van der Waals surface area (Å²) < 4.78 is 0. The predicted octanol–water partition coefficient (Wildman–Crippen LogP) is 1.27. The first-order valence-corrected chi connectivity index (χ1v) is 5.83. The highest BCUT2D eigenvalue weighted by atomic mass is 32.1. The van der Waals surface area contributed by atoms with Gasteiger partial charge in [-0.15, -0.1) is 0 Å². The van der Waals surface area contributed by atoms with Gasteiger partial charge in [-0.25, -0.2) is 9.97 Å². The second-order valence-electron chi connectivity index (χ2n) is 3.88. The number of hydrogen-bond donors (Lipinski definition) is 2. The maximum Gasteiger partial charge on any atom is 0.115 e. The van der Waals surface area contributed by atoms with Crippen molar-refractivity contribution in [3.05, 3.63) is 24.3 Å². The van der Waals surface area contributed by atoms with E-state index in [1.165, 1.54) is 6.33 Å². The number of nitrogens with two attached hydrogens (primary N) is 1. The van der Waals surface area contributed by atoms with Crippen molar-refractivity contribution in [2.75, 3.05) is 0 Å². The SMILES string of the molecule is CCC(C)[C@H](N)C(=S)NCc1cncnc1. The maximum atomic E-state index is 6.00. The standard InChI is InChI=1S/C11H18N4S/c1-3-8(2)10(12)11(16)15-6-9-4-13-7-14-5-9/h4-5,7-8,10H,3,6,12H2,1-2H3,(H,15,16)/t8?,10-/m0/s1. The number of nitrogens with zero attached hydrogens (tertiary/aromatic N) is 2. The van der Waals surface area contributed by atoms with E-state index in [0.717, 1.165) is 12.0 Å². The fourth-order valence-corrected chi connectivity index (χ4v) is 1.55. The number of rotatable bonds is 5. The van der Waals surface area contributed by atoms with Crippen LogP contribution in [-0.2, 0) is 6.54 Å². The van der Waals surface area contributed by atoms with Gasteiger partial charge in [-0.2, -0.15) is 0 Å². The van der Waals surface area contributed by atoms with E-state index in [0.29, 0.717) is 17.5 Å². The van der Waals surface area contributed by atoms with Gasteiger partial charge in [-0.3, -0.25) is 0 Å². The fourth-order valence-electron chi connectivity index (χ4n) is 1.24. The fraction of sp³-hybridized carbons (Fsp3) is 0.545. The first-order chi connectivity index (χ1) is 7.65. The van der Waals surface area contributed by atoms with Gasteiger partial charge in [0.25, 0.3) is 0 Å². The zero-order valence-corrected chi connectivity index (χ0v) is 10.5. The van der Waals surface area contributed by atoms with E-state index in [-0.39, 0.29) is 6.04 Å². The van der Waals surface area contributed by atoms with Gasteiger partial charge in [0.15, 0.2) is 0 Å². The summed E-state index contributed by atoms with van der Waals surface area (Å²) in [6, 6.07) is -0.0790. The normalized spacial score (nSPS) is 14.2. The van der Waals surface area contributed by atoms with Gasteiger partial charge in [0.1, 0.15) is 6.33 Å². The Balaban J connectivity index is 2.41. The monoisotopic (exact) mass is 238 g/mol. The summed E-state index contributed by atoms with van der Waals surface area (Å²) in [7, 11) is 0. The molecule has 1 aromatic heterocycles. The van der Waals surface area contributed by atoms with Crippen LogP contribution in [0.1, 0.15) is 25.8 Å². The zero-order chi connectivity index (χ0) is 12.0. The molecule has 0 radical (unpaired) electrons. The average Bonchev–Trinajstić information content (AvgIpc) is 2.35. The number of aromatic nitrogens is 2. The molecule has 1 unspecified atom stereocenters. The van der Waals surface area contributed by atoms with E-state index in [1.54, 1.807) is 12.4 Å². The zero-order valence-electron chi connectivity index (χ0n) is 9.68. The lowest BCUT2D eigenvalue weighted by molar-refractivity contribution is 0.517. The molecule has 0 bridgehead atoms. The van der Waals surface area contributed by atoms with Gasteiger partial charge in [0.05, 0.1) is 11.0 Å². The highest BCUT2D eigenvalue weighted by Crippen LogP contribution is 2.06. The molecule has 0 saturated carbocycles. The van der Waals surface area contributed by atoms with Crippen molar-refractivity contribution in [2.24, 2.45) is 11.7 Å². The molecule has 88 valence electrons. The topological polar surface area (TPSA) is 63.8 Å². The molecule has 5 heteroatoms. The molecular formula is C11H18N4S. The largest absolute Gasteiger partial charge is 0.374 e. The second kappa shape index (κ2) is 6.50. The van der Waals surface area contributed by atoms with Gasteiger partial charge >= 0.3 is 0 Å². The van der Waals surface area contributed by atoms with Crippen molar-refractivity contribution in [3.63, 3.8) is 0 Å². The van der Waals surface area contributed by atoms with Crippen molar-refractivity contribution in [1.29, 1.82) is 0 Å². The third-order valence-corrected chi connectivity index (χ3v) is 3.06. The predicted molar refractivity (Wildman–Crippen MR) is 68.9 cm³/mol. The molecule has 1 heterocycles. The molecule has 0 fully saturated rings. The van der Waals surface area contributed by atoms with E-state index in [9.17, 15) is 0 Å². The quantitative estimate of drug-likeness (QED) is 0.756.